The zero-order valence-corrected chi connectivity index (χ0v) is 23.2. The number of allylic oxidation sites excluding steroid dienone is 3. The molecule has 1 aliphatic heterocycles. The van der Waals surface area contributed by atoms with E-state index in [9.17, 15) is 9.59 Å². The number of hydrogen-bond acceptors (Lipinski definition) is 6. The lowest BCUT2D eigenvalue weighted by Crippen LogP contribution is -2.36. The van der Waals surface area contributed by atoms with Crippen LogP contribution in [0.4, 0.5) is 0 Å². The number of esters is 1. The van der Waals surface area contributed by atoms with Crippen molar-refractivity contribution >= 4 is 11.8 Å². The van der Waals surface area contributed by atoms with Crippen LogP contribution in [0.2, 0.25) is 0 Å². The zero-order valence-electron chi connectivity index (χ0n) is 23.2. The number of rotatable bonds is 9. The molecule has 3 aromatic carbocycles. The van der Waals surface area contributed by atoms with E-state index in [-0.39, 0.29) is 11.7 Å². The van der Waals surface area contributed by atoms with E-state index in [0.29, 0.717) is 60.8 Å². The first-order chi connectivity index (χ1) is 19.5. The molecule has 0 saturated heterocycles. The highest BCUT2D eigenvalue weighted by Crippen LogP contribution is 2.47. The second-order valence-corrected chi connectivity index (χ2v) is 10.2. The van der Waals surface area contributed by atoms with Crippen LogP contribution in [-0.4, -0.2) is 25.5 Å². The Labute approximate surface area is 235 Å². The van der Waals surface area contributed by atoms with Crippen molar-refractivity contribution in [2.24, 2.45) is 0 Å². The van der Waals surface area contributed by atoms with Crippen molar-refractivity contribution in [1.82, 2.24) is 5.32 Å². The number of benzene rings is 3. The number of carbonyl (C=O) groups excluding carboxylic acids is 2. The fourth-order valence-corrected chi connectivity index (χ4v) is 5.59. The largest absolute Gasteiger partial charge is 0.493 e. The standard InChI is InChI=1S/C34H35NO5/c1-4-17-39-34(37)31-22(2)35-27-18-26(24-13-9-6-10-14-24)19-28(36)33(27)32(31)25-15-16-29(30(20-25)38-3)40-21-23-11-7-5-8-12-23/h5-16,20,26,32,35H,4,17-19,21H2,1-3H3/t26-,32+/m1/s1. The van der Waals surface area contributed by atoms with Crippen LogP contribution in [0.1, 0.15) is 61.6 Å². The summed E-state index contributed by atoms with van der Waals surface area (Å²) in [7, 11) is 1.59. The van der Waals surface area contributed by atoms with Gasteiger partial charge in [0.1, 0.15) is 6.61 Å². The molecule has 206 valence electrons. The summed E-state index contributed by atoms with van der Waals surface area (Å²) < 4.78 is 17.4. The van der Waals surface area contributed by atoms with Crippen molar-refractivity contribution in [3.63, 3.8) is 0 Å². The van der Waals surface area contributed by atoms with E-state index in [1.54, 1.807) is 7.11 Å². The highest BCUT2D eigenvalue weighted by molar-refractivity contribution is 6.04. The van der Waals surface area contributed by atoms with Gasteiger partial charge in [0.05, 0.1) is 19.3 Å². The molecule has 0 unspecified atom stereocenters. The first-order valence-corrected chi connectivity index (χ1v) is 13.8. The van der Waals surface area contributed by atoms with Crippen LogP contribution in [0, 0.1) is 0 Å². The van der Waals surface area contributed by atoms with E-state index in [2.05, 4.69) is 17.4 Å². The number of methoxy groups -OCH3 is 1. The van der Waals surface area contributed by atoms with Crippen LogP contribution in [0.25, 0.3) is 0 Å². The number of nitrogens with one attached hydrogen (secondary N) is 1. The predicted molar refractivity (Wildman–Crippen MR) is 154 cm³/mol. The zero-order chi connectivity index (χ0) is 28.1. The van der Waals surface area contributed by atoms with Crippen LogP contribution in [-0.2, 0) is 20.9 Å². The van der Waals surface area contributed by atoms with Gasteiger partial charge in [0.25, 0.3) is 0 Å². The molecule has 0 aromatic heterocycles. The van der Waals surface area contributed by atoms with Crippen LogP contribution >= 0.6 is 0 Å². The summed E-state index contributed by atoms with van der Waals surface area (Å²) in [6.07, 6.45) is 1.78. The molecule has 1 N–H and O–H groups in total. The summed E-state index contributed by atoms with van der Waals surface area (Å²) in [4.78, 5) is 27.2. The summed E-state index contributed by atoms with van der Waals surface area (Å²) in [5, 5.41) is 3.42. The van der Waals surface area contributed by atoms with E-state index in [4.69, 9.17) is 14.2 Å². The first kappa shape index (κ1) is 27.3. The van der Waals surface area contributed by atoms with Crippen LogP contribution in [0.3, 0.4) is 0 Å². The van der Waals surface area contributed by atoms with Gasteiger partial charge in [-0.1, -0.05) is 73.7 Å². The Bertz CT molecular complexity index is 1440. The van der Waals surface area contributed by atoms with Gasteiger partial charge < -0.3 is 19.5 Å². The Hall–Kier alpha value is -4.32. The van der Waals surface area contributed by atoms with Gasteiger partial charge in [-0.25, -0.2) is 4.79 Å². The number of ketones is 1. The third-order valence-electron chi connectivity index (χ3n) is 7.51. The average molecular weight is 538 g/mol. The van der Waals surface area contributed by atoms with Crippen molar-refractivity contribution in [2.45, 2.75) is 51.6 Å². The molecule has 40 heavy (non-hydrogen) atoms. The minimum Gasteiger partial charge on any atom is -0.493 e. The minimum atomic E-state index is -0.568. The third-order valence-corrected chi connectivity index (χ3v) is 7.51. The van der Waals surface area contributed by atoms with E-state index in [0.717, 1.165) is 22.4 Å². The molecular weight excluding hydrogens is 502 g/mol. The van der Waals surface area contributed by atoms with Crippen molar-refractivity contribution in [1.29, 1.82) is 0 Å². The molecule has 6 nitrogen and oxygen atoms in total. The van der Waals surface area contributed by atoms with Gasteiger partial charge in [0, 0.05) is 29.3 Å². The normalized spacial score (nSPS) is 18.6. The lowest BCUT2D eigenvalue weighted by molar-refractivity contribution is -0.139. The second-order valence-electron chi connectivity index (χ2n) is 10.2. The molecule has 0 radical (unpaired) electrons. The minimum absolute atomic E-state index is 0.0317. The van der Waals surface area contributed by atoms with Gasteiger partial charge in [-0.15, -0.1) is 0 Å². The van der Waals surface area contributed by atoms with Gasteiger partial charge in [0.15, 0.2) is 17.3 Å². The second kappa shape index (κ2) is 12.2. The van der Waals surface area contributed by atoms with E-state index >= 15 is 0 Å². The Morgan fingerprint density at radius 3 is 2.35 bits per heavy atom. The summed E-state index contributed by atoms with van der Waals surface area (Å²) in [6.45, 7) is 4.55. The van der Waals surface area contributed by atoms with Crippen LogP contribution < -0.4 is 14.8 Å². The lowest BCUT2D eigenvalue weighted by Gasteiger charge is -2.36. The molecule has 6 heteroatoms. The first-order valence-electron chi connectivity index (χ1n) is 13.8. The van der Waals surface area contributed by atoms with Crippen molar-refractivity contribution in [2.75, 3.05) is 13.7 Å². The molecular formula is C34H35NO5. The number of hydrogen-bond donors (Lipinski definition) is 1. The number of Topliss-reactive ketones (excluding diaryl/α,β-unsaturated/α-hetero) is 1. The van der Waals surface area contributed by atoms with Crippen LogP contribution in [0.5, 0.6) is 11.5 Å². The van der Waals surface area contributed by atoms with E-state index < -0.39 is 11.9 Å². The van der Waals surface area contributed by atoms with Gasteiger partial charge >= 0.3 is 5.97 Å². The molecule has 1 aliphatic carbocycles. The molecule has 0 spiro atoms. The van der Waals surface area contributed by atoms with Crippen LogP contribution in [0.15, 0.2) is 101 Å². The fraction of sp³-hybridized carbons (Fsp3) is 0.294. The number of dihydropyridines is 1. The maximum atomic E-state index is 13.8. The molecule has 0 amide bonds. The summed E-state index contributed by atoms with van der Waals surface area (Å²) in [5.41, 5.74) is 5.61. The van der Waals surface area contributed by atoms with Crippen molar-refractivity contribution < 1.29 is 23.8 Å². The maximum Gasteiger partial charge on any atom is 0.336 e. The Morgan fingerprint density at radius 2 is 1.65 bits per heavy atom. The van der Waals surface area contributed by atoms with E-state index in [1.165, 1.54) is 0 Å². The number of ether oxygens (including phenoxy) is 3. The smallest absolute Gasteiger partial charge is 0.336 e. The molecule has 2 aliphatic rings. The molecule has 1 heterocycles. The van der Waals surface area contributed by atoms with Gasteiger partial charge in [-0.3, -0.25) is 4.79 Å². The summed E-state index contributed by atoms with van der Waals surface area (Å²) >= 11 is 0. The quantitative estimate of drug-likeness (QED) is 0.311. The lowest BCUT2D eigenvalue weighted by atomic mass is 9.71. The van der Waals surface area contributed by atoms with Crippen molar-refractivity contribution in [3.05, 3.63) is 118 Å². The van der Waals surface area contributed by atoms with Gasteiger partial charge in [0.2, 0.25) is 0 Å². The summed E-state index contributed by atoms with van der Waals surface area (Å²) in [5.74, 6) is 0.257. The summed E-state index contributed by atoms with van der Waals surface area (Å²) in [6, 6.07) is 25.7. The van der Waals surface area contributed by atoms with Gasteiger partial charge in [-0.05, 0) is 54.5 Å². The molecule has 3 aromatic rings. The molecule has 2 atom stereocenters. The number of carbonyl (C=O) groups is 2. The molecule has 0 saturated carbocycles. The highest BCUT2D eigenvalue weighted by Gasteiger charge is 2.41. The van der Waals surface area contributed by atoms with Crippen molar-refractivity contribution in [3.8, 4) is 11.5 Å². The Kier molecular flexibility index (Phi) is 8.34. The fourth-order valence-electron chi connectivity index (χ4n) is 5.59. The topological polar surface area (TPSA) is 73.9 Å². The molecule has 5 rings (SSSR count). The molecule has 0 fully saturated rings. The molecule has 0 bridgehead atoms. The monoisotopic (exact) mass is 537 g/mol. The third kappa shape index (κ3) is 5.67. The average Bonchev–Trinajstić information content (AvgIpc) is 2.98. The van der Waals surface area contributed by atoms with E-state index in [1.807, 2.05) is 80.6 Å². The Morgan fingerprint density at radius 1 is 0.925 bits per heavy atom. The van der Waals surface area contributed by atoms with Gasteiger partial charge in [-0.2, -0.15) is 0 Å². The highest BCUT2D eigenvalue weighted by atomic mass is 16.5. The Balaban J connectivity index is 1.53. The maximum absolute atomic E-state index is 13.8. The SMILES string of the molecule is CCCOC(=O)C1=C(C)NC2=C(C(=O)C[C@H](c3ccccc3)C2)[C@H]1c1ccc(OCc2ccccc2)c(OC)c1. The predicted octanol–water partition coefficient (Wildman–Crippen LogP) is 6.59.